The zero-order chi connectivity index (χ0) is 18.4. The lowest BCUT2D eigenvalue weighted by Crippen LogP contribution is -2.38. The van der Waals surface area contributed by atoms with Gasteiger partial charge in [0.05, 0.1) is 11.8 Å². The number of carbonyl (C=O) groups is 2. The minimum absolute atomic E-state index is 0.102. The predicted octanol–water partition coefficient (Wildman–Crippen LogP) is 3.19. The second-order valence-electron chi connectivity index (χ2n) is 7.72. The highest BCUT2D eigenvalue weighted by atomic mass is 16.2. The van der Waals surface area contributed by atoms with E-state index in [4.69, 9.17) is 0 Å². The molecule has 2 saturated carbocycles. The van der Waals surface area contributed by atoms with Crippen molar-refractivity contribution in [1.29, 1.82) is 5.26 Å². The number of nitriles is 1. The summed E-state index contributed by atoms with van der Waals surface area (Å²) < 4.78 is 0. The SMILES string of the molecule is CCNC(=O)N1CCc2ccc(NC(=O)[C@]3(C#N)CC34CCCC4)cc21. The third-order valence-corrected chi connectivity index (χ3v) is 6.33. The Morgan fingerprint density at radius 1 is 1.31 bits per heavy atom. The molecule has 2 fully saturated rings. The third kappa shape index (κ3) is 2.38. The highest BCUT2D eigenvalue weighted by Gasteiger charge is 2.72. The standard InChI is InChI=1S/C20H24N4O2/c1-2-22-18(26)24-10-7-14-5-6-15(11-16(14)24)23-17(25)20(13-21)12-19(20)8-3-4-9-19/h5-6,11H,2-4,7-10,12H2,1H3,(H,22,26)(H,23,25)/t20-/m1/s1. The lowest BCUT2D eigenvalue weighted by molar-refractivity contribution is -0.120. The van der Waals surface area contributed by atoms with Crippen molar-refractivity contribution in [1.82, 2.24) is 5.32 Å². The van der Waals surface area contributed by atoms with Gasteiger partial charge in [0.15, 0.2) is 0 Å². The molecule has 1 atom stereocenters. The summed E-state index contributed by atoms with van der Waals surface area (Å²) in [5, 5.41) is 15.5. The second-order valence-corrected chi connectivity index (χ2v) is 7.72. The summed E-state index contributed by atoms with van der Waals surface area (Å²) >= 11 is 0. The van der Waals surface area contributed by atoms with Gasteiger partial charge in [0.2, 0.25) is 5.91 Å². The van der Waals surface area contributed by atoms with Crippen molar-refractivity contribution >= 4 is 23.3 Å². The van der Waals surface area contributed by atoms with Crippen LogP contribution < -0.4 is 15.5 Å². The molecule has 1 aliphatic heterocycles. The first-order valence-electron chi connectivity index (χ1n) is 9.46. The number of benzene rings is 1. The Morgan fingerprint density at radius 2 is 2.08 bits per heavy atom. The molecule has 0 radical (unpaired) electrons. The van der Waals surface area contributed by atoms with E-state index in [1.165, 1.54) is 0 Å². The van der Waals surface area contributed by atoms with Crippen LogP contribution in [0.15, 0.2) is 18.2 Å². The first-order valence-corrected chi connectivity index (χ1v) is 9.46. The Kier molecular flexibility index (Phi) is 3.91. The molecule has 136 valence electrons. The van der Waals surface area contributed by atoms with Crippen molar-refractivity contribution < 1.29 is 9.59 Å². The number of fused-ring (bicyclic) bond motifs is 1. The molecule has 2 N–H and O–H groups in total. The Labute approximate surface area is 153 Å². The van der Waals surface area contributed by atoms with Crippen LogP contribution in [-0.4, -0.2) is 25.0 Å². The molecule has 0 aromatic heterocycles. The molecule has 0 bridgehead atoms. The molecule has 26 heavy (non-hydrogen) atoms. The lowest BCUT2D eigenvalue weighted by Gasteiger charge is -2.19. The molecule has 3 amide bonds. The molecule has 0 unspecified atom stereocenters. The smallest absolute Gasteiger partial charge is 0.321 e. The van der Waals surface area contributed by atoms with Crippen molar-refractivity contribution in [2.45, 2.75) is 45.4 Å². The van der Waals surface area contributed by atoms with Crippen molar-refractivity contribution in [3.63, 3.8) is 0 Å². The largest absolute Gasteiger partial charge is 0.338 e. The first-order chi connectivity index (χ1) is 12.5. The molecule has 6 heteroatoms. The number of carbonyl (C=O) groups excluding carboxylic acids is 2. The van der Waals surface area contributed by atoms with E-state index >= 15 is 0 Å². The normalized spacial score (nSPS) is 24.8. The van der Waals surface area contributed by atoms with E-state index in [0.29, 0.717) is 25.2 Å². The van der Waals surface area contributed by atoms with Gasteiger partial charge in [-0.25, -0.2) is 4.79 Å². The lowest BCUT2D eigenvalue weighted by atomic mass is 9.91. The number of rotatable bonds is 3. The van der Waals surface area contributed by atoms with Gasteiger partial charge >= 0.3 is 6.03 Å². The van der Waals surface area contributed by atoms with Gasteiger partial charge in [-0.15, -0.1) is 0 Å². The van der Waals surface area contributed by atoms with E-state index in [1.807, 2.05) is 25.1 Å². The van der Waals surface area contributed by atoms with Crippen molar-refractivity contribution in [2.24, 2.45) is 10.8 Å². The van der Waals surface area contributed by atoms with Crippen molar-refractivity contribution in [3.8, 4) is 6.07 Å². The molecule has 1 aromatic carbocycles. The van der Waals surface area contributed by atoms with Gasteiger partial charge in [-0.05, 0) is 50.3 Å². The number of anilines is 2. The number of hydrogen-bond donors (Lipinski definition) is 2. The average molecular weight is 352 g/mol. The second kappa shape index (κ2) is 6.01. The van der Waals surface area contributed by atoms with Crippen LogP contribution in [-0.2, 0) is 11.2 Å². The molecule has 2 aliphatic carbocycles. The summed E-state index contributed by atoms with van der Waals surface area (Å²) in [5.41, 5.74) is 1.62. The van der Waals surface area contributed by atoms with Crippen LogP contribution in [0.5, 0.6) is 0 Å². The van der Waals surface area contributed by atoms with Crippen molar-refractivity contribution in [3.05, 3.63) is 23.8 Å². The van der Waals surface area contributed by atoms with Crippen LogP contribution in [0.3, 0.4) is 0 Å². The van der Waals surface area contributed by atoms with E-state index in [1.54, 1.807) is 4.90 Å². The van der Waals surface area contributed by atoms with Crippen LogP contribution in [0.2, 0.25) is 0 Å². The molecular weight excluding hydrogens is 328 g/mol. The predicted molar refractivity (Wildman–Crippen MR) is 98.8 cm³/mol. The van der Waals surface area contributed by atoms with Crippen molar-refractivity contribution in [2.75, 3.05) is 23.3 Å². The van der Waals surface area contributed by atoms with Gasteiger partial charge < -0.3 is 10.6 Å². The molecule has 1 aromatic rings. The molecular formula is C20H24N4O2. The maximum Gasteiger partial charge on any atom is 0.321 e. The van der Waals surface area contributed by atoms with E-state index in [2.05, 4.69) is 16.7 Å². The van der Waals surface area contributed by atoms with Gasteiger partial charge in [-0.2, -0.15) is 5.26 Å². The van der Waals surface area contributed by atoms with Gasteiger partial charge in [-0.1, -0.05) is 18.9 Å². The summed E-state index contributed by atoms with van der Waals surface area (Å²) in [5.74, 6) is -0.190. The molecule has 4 rings (SSSR count). The molecule has 6 nitrogen and oxygen atoms in total. The fraction of sp³-hybridized carbons (Fsp3) is 0.550. The van der Waals surface area contributed by atoms with Crippen LogP contribution in [0.4, 0.5) is 16.2 Å². The van der Waals surface area contributed by atoms with E-state index < -0.39 is 5.41 Å². The Hall–Kier alpha value is -2.55. The van der Waals surface area contributed by atoms with Gasteiger partial charge in [0, 0.05) is 24.2 Å². The minimum Gasteiger partial charge on any atom is -0.338 e. The zero-order valence-corrected chi connectivity index (χ0v) is 15.1. The quantitative estimate of drug-likeness (QED) is 0.876. The number of urea groups is 1. The monoisotopic (exact) mass is 352 g/mol. The Balaban J connectivity index is 1.53. The van der Waals surface area contributed by atoms with E-state index in [0.717, 1.165) is 43.4 Å². The number of amides is 3. The number of nitrogens with zero attached hydrogens (tertiary/aromatic N) is 2. The number of nitrogens with one attached hydrogen (secondary N) is 2. The van der Waals surface area contributed by atoms with Crippen LogP contribution in [0.1, 0.15) is 44.6 Å². The van der Waals surface area contributed by atoms with Crippen LogP contribution >= 0.6 is 0 Å². The molecule has 0 saturated heterocycles. The van der Waals surface area contributed by atoms with E-state index in [-0.39, 0.29) is 17.4 Å². The fourth-order valence-corrected chi connectivity index (χ4v) is 4.80. The number of hydrogen-bond acceptors (Lipinski definition) is 3. The maximum atomic E-state index is 12.9. The fourth-order valence-electron chi connectivity index (χ4n) is 4.80. The topological polar surface area (TPSA) is 85.2 Å². The summed E-state index contributed by atoms with van der Waals surface area (Å²) in [6.07, 6.45) is 5.66. The highest BCUT2D eigenvalue weighted by molar-refractivity contribution is 6.02. The molecule has 1 heterocycles. The summed E-state index contributed by atoms with van der Waals surface area (Å²) in [6, 6.07) is 7.88. The maximum absolute atomic E-state index is 12.9. The van der Waals surface area contributed by atoms with Gasteiger partial charge in [0.1, 0.15) is 5.41 Å². The van der Waals surface area contributed by atoms with Crippen LogP contribution in [0, 0.1) is 22.2 Å². The minimum atomic E-state index is -0.873. The zero-order valence-electron chi connectivity index (χ0n) is 15.1. The van der Waals surface area contributed by atoms with Crippen LogP contribution in [0.25, 0.3) is 0 Å². The Morgan fingerprint density at radius 3 is 2.77 bits per heavy atom. The highest BCUT2D eigenvalue weighted by Crippen LogP contribution is 2.71. The summed E-state index contributed by atoms with van der Waals surface area (Å²) in [6.45, 7) is 3.11. The van der Waals surface area contributed by atoms with E-state index in [9.17, 15) is 14.9 Å². The molecule has 1 spiro atoms. The Bertz CT molecular complexity index is 807. The summed E-state index contributed by atoms with van der Waals surface area (Å²) in [7, 11) is 0. The van der Waals surface area contributed by atoms with Gasteiger partial charge in [-0.3, -0.25) is 9.69 Å². The van der Waals surface area contributed by atoms with Gasteiger partial charge in [0.25, 0.3) is 0 Å². The third-order valence-electron chi connectivity index (χ3n) is 6.33. The first kappa shape index (κ1) is 16.9. The average Bonchev–Trinajstić information content (AvgIpc) is 2.92. The summed E-state index contributed by atoms with van der Waals surface area (Å²) in [4.78, 5) is 26.8. The molecule has 3 aliphatic rings.